The second-order valence-corrected chi connectivity index (χ2v) is 6.55. The first-order chi connectivity index (χ1) is 8.05. The molecule has 3 heteroatoms. The molecule has 2 unspecified atom stereocenters. The van der Waals surface area contributed by atoms with Crippen LogP contribution in [0.4, 0.5) is 0 Å². The highest BCUT2D eigenvalue weighted by Gasteiger charge is 2.39. The van der Waals surface area contributed by atoms with Crippen LogP contribution in [-0.4, -0.2) is 55.1 Å². The Morgan fingerprint density at radius 2 is 2.00 bits per heavy atom. The van der Waals surface area contributed by atoms with Gasteiger partial charge in [-0.2, -0.15) is 0 Å². The molecule has 0 radical (unpaired) electrons. The molecule has 2 fully saturated rings. The summed E-state index contributed by atoms with van der Waals surface area (Å²) in [5.74, 6) is 0.946. The van der Waals surface area contributed by atoms with Crippen LogP contribution in [0.25, 0.3) is 0 Å². The van der Waals surface area contributed by atoms with Gasteiger partial charge in [-0.15, -0.1) is 0 Å². The highest BCUT2D eigenvalue weighted by Crippen LogP contribution is 2.37. The minimum Gasteiger partial charge on any atom is -0.329 e. The highest BCUT2D eigenvalue weighted by atomic mass is 15.3. The Hall–Kier alpha value is -0.120. The van der Waals surface area contributed by atoms with Crippen molar-refractivity contribution in [2.75, 3.05) is 33.7 Å². The van der Waals surface area contributed by atoms with Crippen LogP contribution < -0.4 is 5.73 Å². The third kappa shape index (κ3) is 2.83. The van der Waals surface area contributed by atoms with Gasteiger partial charge in [0, 0.05) is 31.2 Å². The summed E-state index contributed by atoms with van der Waals surface area (Å²) in [7, 11) is 4.39. The van der Waals surface area contributed by atoms with Gasteiger partial charge in [-0.25, -0.2) is 0 Å². The van der Waals surface area contributed by atoms with E-state index in [1.807, 2.05) is 0 Å². The second-order valence-electron chi connectivity index (χ2n) is 6.55. The molecule has 0 spiro atoms. The van der Waals surface area contributed by atoms with Crippen molar-refractivity contribution in [1.29, 1.82) is 0 Å². The van der Waals surface area contributed by atoms with Crippen molar-refractivity contribution >= 4 is 0 Å². The van der Waals surface area contributed by atoms with Gasteiger partial charge in [-0.1, -0.05) is 19.3 Å². The lowest BCUT2D eigenvalue weighted by Gasteiger charge is -2.43. The lowest BCUT2D eigenvalue weighted by atomic mass is 9.76. The van der Waals surface area contributed by atoms with Crippen molar-refractivity contribution in [2.24, 2.45) is 11.7 Å². The van der Waals surface area contributed by atoms with E-state index in [0.29, 0.717) is 0 Å². The molecule has 0 aromatic heterocycles. The van der Waals surface area contributed by atoms with Crippen LogP contribution in [0.3, 0.4) is 0 Å². The summed E-state index contributed by atoms with van der Waals surface area (Å²) < 4.78 is 0. The Bertz CT molecular complexity index is 250. The molecule has 3 nitrogen and oxygen atoms in total. The molecular formula is C14H29N3. The maximum atomic E-state index is 6.08. The topological polar surface area (TPSA) is 32.5 Å². The first kappa shape index (κ1) is 13.3. The third-order valence-corrected chi connectivity index (χ3v) is 5.05. The van der Waals surface area contributed by atoms with Crippen LogP contribution in [-0.2, 0) is 0 Å². The van der Waals surface area contributed by atoms with Crippen LogP contribution in [0.2, 0.25) is 0 Å². The van der Waals surface area contributed by atoms with Crippen molar-refractivity contribution in [2.45, 2.75) is 50.6 Å². The lowest BCUT2D eigenvalue weighted by molar-refractivity contribution is 0.0839. The number of hydrogen-bond acceptors (Lipinski definition) is 3. The third-order valence-electron chi connectivity index (χ3n) is 5.05. The van der Waals surface area contributed by atoms with Gasteiger partial charge < -0.3 is 10.6 Å². The molecular weight excluding hydrogens is 210 g/mol. The summed E-state index contributed by atoms with van der Waals surface area (Å²) in [4.78, 5) is 5.01. The number of rotatable bonds is 5. The van der Waals surface area contributed by atoms with Crippen molar-refractivity contribution in [1.82, 2.24) is 9.80 Å². The van der Waals surface area contributed by atoms with Crippen LogP contribution in [0.15, 0.2) is 0 Å². The van der Waals surface area contributed by atoms with Crippen LogP contribution >= 0.6 is 0 Å². The summed E-state index contributed by atoms with van der Waals surface area (Å²) in [6, 6.07) is 0.724. The molecule has 1 saturated heterocycles. The fraction of sp³-hybridized carbons (Fsp3) is 1.00. The molecule has 1 aliphatic heterocycles. The number of nitrogens with zero attached hydrogens (tertiary/aromatic N) is 2. The summed E-state index contributed by atoms with van der Waals surface area (Å²) in [5.41, 5.74) is 6.33. The van der Waals surface area contributed by atoms with E-state index in [4.69, 9.17) is 5.73 Å². The van der Waals surface area contributed by atoms with Gasteiger partial charge in [-0.05, 0) is 39.8 Å². The van der Waals surface area contributed by atoms with Crippen molar-refractivity contribution in [3.63, 3.8) is 0 Å². The predicted octanol–water partition coefficient (Wildman–Crippen LogP) is 1.53. The zero-order valence-electron chi connectivity index (χ0n) is 11.8. The predicted molar refractivity (Wildman–Crippen MR) is 73.1 cm³/mol. The van der Waals surface area contributed by atoms with Gasteiger partial charge in [0.05, 0.1) is 0 Å². The van der Waals surface area contributed by atoms with Crippen molar-refractivity contribution in [3.8, 4) is 0 Å². The zero-order valence-corrected chi connectivity index (χ0v) is 11.8. The SMILES string of the molecule is CN(C)C1CCN(C(C)(CN)CC2CCC2)C1. The number of hydrogen-bond donors (Lipinski definition) is 1. The van der Waals surface area contributed by atoms with Gasteiger partial charge in [0.1, 0.15) is 0 Å². The van der Waals surface area contributed by atoms with Gasteiger partial charge in [0.2, 0.25) is 0 Å². The van der Waals surface area contributed by atoms with E-state index in [1.165, 1.54) is 45.2 Å². The second kappa shape index (κ2) is 5.25. The first-order valence-corrected chi connectivity index (χ1v) is 7.17. The number of likely N-dealkylation sites (tertiary alicyclic amines) is 1. The Morgan fingerprint density at radius 3 is 2.41 bits per heavy atom. The largest absolute Gasteiger partial charge is 0.329 e. The molecule has 1 saturated carbocycles. The normalized spacial score (nSPS) is 30.5. The minimum absolute atomic E-state index is 0.246. The van der Waals surface area contributed by atoms with E-state index in [2.05, 4.69) is 30.8 Å². The zero-order chi connectivity index (χ0) is 12.5. The highest BCUT2D eigenvalue weighted by molar-refractivity contribution is 4.96. The lowest BCUT2D eigenvalue weighted by Crippen LogP contribution is -2.53. The van der Waals surface area contributed by atoms with Crippen LogP contribution in [0.5, 0.6) is 0 Å². The number of likely N-dealkylation sites (N-methyl/N-ethyl adjacent to an activating group) is 1. The summed E-state index contributed by atoms with van der Waals surface area (Å²) >= 11 is 0. The van der Waals surface area contributed by atoms with E-state index in [-0.39, 0.29) is 5.54 Å². The maximum absolute atomic E-state index is 6.08. The Labute approximate surface area is 106 Å². The smallest absolute Gasteiger partial charge is 0.0306 e. The molecule has 2 atom stereocenters. The Morgan fingerprint density at radius 1 is 1.29 bits per heavy atom. The molecule has 0 amide bonds. The molecule has 2 aliphatic rings. The molecule has 2 rings (SSSR count). The first-order valence-electron chi connectivity index (χ1n) is 7.17. The summed E-state index contributed by atoms with van der Waals surface area (Å²) in [6.45, 7) is 5.61. The Kier molecular flexibility index (Phi) is 4.11. The summed E-state index contributed by atoms with van der Waals surface area (Å²) in [5, 5.41) is 0. The molecule has 1 aliphatic carbocycles. The van der Waals surface area contributed by atoms with Crippen molar-refractivity contribution < 1.29 is 0 Å². The van der Waals surface area contributed by atoms with E-state index in [1.54, 1.807) is 0 Å². The molecule has 1 heterocycles. The van der Waals surface area contributed by atoms with E-state index in [0.717, 1.165) is 18.5 Å². The van der Waals surface area contributed by atoms with Gasteiger partial charge in [-0.3, -0.25) is 4.90 Å². The molecule has 2 N–H and O–H groups in total. The fourth-order valence-corrected chi connectivity index (χ4v) is 3.31. The van der Waals surface area contributed by atoms with Crippen LogP contribution in [0, 0.1) is 5.92 Å². The van der Waals surface area contributed by atoms with E-state index in [9.17, 15) is 0 Å². The van der Waals surface area contributed by atoms with Gasteiger partial charge in [0.25, 0.3) is 0 Å². The molecule has 100 valence electrons. The average Bonchev–Trinajstić information content (AvgIpc) is 2.73. The number of nitrogens with two attached hydrogens (primary N) is 1. The molecule has 0 aromatic rings. The average molecular weight is 239 g/mol. The minimum atomic E-state index is 0.246. The monoisotopic (exact) mass is 239 g/mol. The quantitative estimate of drug-likeness (QED) is 0.790. The molecule has 17 heavy (non-hydrogen) atoms. The van der Waals surface area contributed by atoms with Crippen molar-refractivity contribution in [3.05, 3.63) is 0 Å². The summed E-state index contributed by atoms with van der Waals surface area (Å²) in [6.07, 6.45) is 6.91. The van der Waals surface area contributed by atoms with E-state index >= 15 is 0 Å². The van der Waals surface area contributed by atoms with E-state index < -0.39 is 0 Å². The maximum Gasteiger partial charge on any atom is 0.0306 e. The fourth-order valence-electron chi connectivity index (χ4n) is 3.31. The van der Waals surface area contributed by atoms with Gasteiger partial charge in [0.15, 0.2) is 0 Å². The Balaban J connectivity index is 1.92. The van der Waals surface area contributed by atoms with Crippen LogP contribution in [0.1, 0.15) is 39.0 Å². The molecule has 0 bridgehead atoms. The van der Waals surface area contributed by atoms with Gasteiger partial charge >= 0.3 is 0 Å². The standard InChI is InChI=1S/C14H29N3/c1-14(11-15,9-12-5-4-6-12)17-8-7-13(10-17)16(2)3/h12-13H,4-11,15H2,1-3H3. The molecule has 0 aromatic carbocycles.